The summed E-state index contributed by atoms with van der Waals surface area (Å²) in [4.78, 5) is 13.3. The Kier molecular flexibility index (Phi) is 3.37. The average molecular weight is 330 g/mol. The van der Waals surface area contributed by atoms with Crippen LogP contribution in [0, 0.1) is 5.82 Å². The summed E-state index contributed by atoms with van der Waals surface area (Å²) >= 11 is 1.03. The summed E-state index contributed by atoms with van der Waals surface area (Å²) in [7, 11) is 0. The first kappa shape index (κ1) is 14.3. The fraction of sp³-hybridized carbons (Fsp3) is 0.312. The highest BCUT2D eigenvalue weighted by Crippen LogP contribution is 2.25. The highest BCUT2D eigenvalue weighted by molar-refractivity contribution is 7.16. The zero-order valence-electron chi connectivity index (χ0n) is 12.5. The van der Waals surface area contributed by atoms with Crippen LogP contribution in [0.15, 0.2) is 29.6 Å². The summed E-state index contributed by atoms with van der Waals surface area (Å²) in [5.74, 6) is -0.420. The van der Waals surface area contributed by atoms with Gasteiger partial charge < -0.3 is 0 Å². The largest absolute Gasteiger partial charge is 0.308 e. The zero-order chi connectivity index (χ0) is 16.0. The van der Waals surface area contributed by atoms with Crippen molar-refractivity contribution < 1.29 is 4.39 Å². The van der Waals surface area contributed by atoms with Gasteiger partial charge in [0.2, 0.25) is 0 Å². The number of rotatable bonds is 3. The molecule has 3 aromatic rings. The van der Waals surface area contributed by atoms with Crippen molar-refractivity contribution in [1.82, 2.24) is 19.6 Å². The summed E-state index contributed by atoms with van der Waals surface area (Å²) in [6, 6.07) is 3.04. The number of thiazole rings is 1. The van der Waals surface area contributed by atoms with Crippen LogP contribution in [0.1, 0.15) is 24.2 Å². The van der Waals surface area contributed by atoms with Gasteiger partial charge in [-0.15, -0.1) is 11.4 Å². The molecule has 5 nitrogen and oxygen atoms in total. The third-order valence-electron chi connectivity index (χ3n) is 4.11. The van der Waals surface area contributed by atoms with E-state index in [4.69, 9.17) is 0 Å². The van der Waals surface area contributed by atoms with E-state index < -0.39 is 5.82 Å². The summed E-state index contributed by atoms with van der Waals surface area (Å²) in [5, 5.41) is 8.87. The highest BCUT2D eigenvalue weighted by Gasteiger charge is 2.19. The van der Waals surface area contributed by atoms with Gasteiger partial charge >= 0.3 is 4.87 Å². The first-order chi connectivity index (χ1) is 11.2. The number of nitrogens with zero attached hydrogens (tertiary/aromatic N) is 4. The van der Waals surface area contributed by atoms with Crippen molar-refractivity contribution in [2.24, 2.45) is 0 Å². The number of hydrogen-bond acceptors (Lipinski definition) is 4. The smallest absolute Gasteiger partial charge is 0.295 e. The molecule has 118 valence electrons. The minimum Gasteiger partial charge on any atom is -0.295 e. The highest BCUT2D eigenvalue weighted by atomic mass is 32.1. The first-order valence-electron chi connectivity index (χ1n) is 7.56. The van der Waals surface area contributed by atoms with E-state index in [1.165, 1.54) is 10.9 Å². The lowest BCUT2D eigenvalue weighted by molar-refractivity contribution is 0.596. The maximum atomic E-state index is 14.5. The molecule has 4 rings (SSSR count). The fourth-order valence-corrected chi connectivity index (χ4v) is 3.88. The van der Waals surface area contributed by atoms with Crippen molar-refractivity contribution in [3.8, 4) is 5.69 Å². The molecule has 1 aromatic carbocycles. The number of hydrogen-bond donors (Lipinski definition) is 0. The van der Waals surface area contributed by atoms with Crippen LogP contribution >= 0.6 is 11.3 Å². The zero-order valence-corrected chi connectivity index (χ0v) is 13.3. The molecule has 0 amide bonds. The summed E-state index contributed by atoms with van der Waals surface area (Å²) in [5.41, 5.74) is 2.86. The molecule has 0 spiro atoms. The lowest BCUT2D eigenvalue weighted by Gasteiger charge is -2.04. The van der Waals surface area contributed by atoms with Gasteiger partial charge in [-0.1, -0.05) is 17.4 Å². The predicted octanol–water partition coefficient (Wildman–Crippen LogP) is 2.85. The number of fused-ring (bicyclic) bond motifs is 2. The number of allylic oxidation sites excluding steroid dienone is 1. The van der Waals surface area contributed by atoms with Crippen LogP contribution in [0.5, 0.6) is 0 Å². The van der Waals surface area contributed by atoms with Gasteiger partial charge in [-0.25, -0.2) is 4.39 Å². The van der Waals surface area contributed by atoms with Gasteiger partial charge in [-0.05, 0) is 37.8 Å². The van der Waals surface area contributed by atoms with E-state index in [0.717, 1.165) is 48.4 Å². The Hall–Kier alpha value is -2.28. The fourth-order valence-electron chi connectivity index (χ4n) is 2.98. The molecule has 0 saturated heterocycles. The molecule has 0 radical (unpaired) electrons. The monoisotopic (exact) mass is 330 g/mol. The van der Waals surface area contributed by atoms with Crippen LogP contribution in [0.2, 0.25) is 0 Å². The summed E-state index contributed by atoms with van der Waals surface area (Å²) in [6.07, 6.45) is 5.62. The van der Waals surface area contributed by atoms with E-state index in [9.17, 15) is 9.18 Å². The van der Waals surface area contributed by atoms with Crippen LogP contribution in [0.3, 0.4) is 0 Å². The second-order valence-corrected chi connectivity index (χ2v) is 6.62. The molecular weight excluding hydrogens is 315 g/mol. The summed E-state index contributed by atoms with van der Waals surface area (Å²) in [6.45, 7) is 4.06. The third-order valence-corrected chi connectivity index (χ3v) is 5.05. The molecular formula is C16H15FN4OS. The Morgan fingerprint density at radius 2 is 1.96 bits per heavy atom. The van der Waals surface area contributed by atoms with Crippen LogP contribution < -0.4 is 4.87 Å². The van der Waals surface area contributed by atoms with Crippen LogP contribution in [-0.2, 0) is 19.4 Å². The third kappa shape index (κ3) is 2.31. The van der Waals surface area contributed by atoms with E-state index in [1.807, 2.05) is 0 Å². The SMILES string of the molecule is C=CCn1c(=O)sc2cc(F)c(-n3nc4c(n3)CCCC4)cc21. The molecule has 0 unspecified atom stereocenters. The number of benzene rings is 1. The Labute approximate surface area is 135 Å². The normalized spacial score (nSPS) is 14.1. The second kappa shape index (κ2) is 5.42. The molecule has 1 aliphatic carbocycles. The van der Waals surface area contributed by atoms with Crippen LogP contribution in [0.25, 0.3) is 15.9 Å². The molecule has 7 heteroatoms. The van der Waals surface area contributed by atoms with E-state index in [1.54, 1.807) is 16.7 Å². The number of halogens is 1. The van der Waals surface area contributed by atoms with Crippen molar-refractivity contribution in [3.05, 3.63) is 51.7 Å². The van der Waals surface area contributed by atoms with Gasteiger partial charge in [0.1, 0.15) is 5.69 Å². The van der Waals surface area contributed by atoms with E-state index in [-0.39, 0.29) is 10.6 Å². The van der Waals surface area contributed by atoms with E-state index in [2.05, 4.69) is 16.8 Å². The van der Waals surface area contributed by atoms with Crippen molar-refractivity contribution in [2.75, 3.05) is 0 Å². The second-order valence-electron chi connectivity index (χ2n) is 5.63. The molecule has 2 aromatic heterocycles. The molecule has 0 N–H and O–H groups in total. The Morgan fingerprint density at radius 3 is 2.61 bits per heavy atom. The predicted molar refractivity (Wildman–Crippen MR) is 87.8 cm³/mol. The van der Waals surface area contributed by atoms with Gasteiger partial charge in [0, 0.05) is 6.54 Å². The van der Waals surface area contributed by atoms with Gasteiger partial charge in [0.25, 0.3) is 0 Å². The van der Waals surface area contributed by atoms with Crippen molar-refractivity contribution in [1.29, 1.82) is 0 Å². The number of aryl methyl sites for hydroxylation is 2. The van der Waals surface area contributed by atoms with Crippen molar-refractivity contribution >= 4 is 21.6 Å². The van der Waals surface area contributed by atoms with E-state index >= 15 is 0 Å². The van der Waals surface area contributed by atoms with Crippen molar-refractivity contribution in [2.45, 2.75) is 32.2 Å². The minimum absolute atomic E-state index is 0.121. The molecule has 0 bridgehead atoms. The summed E-state index contributed by atoms with van der Waals surface area (Å²) < 4.78 is 16.7. The number of aromatic nitrogens is 4. The average Bonchev–Trinajstić information content (AvgIpc) is 3.08. The molecule has 0 fully saturated rings. The lowest BCUT2D eigenvalue weighted by Crippen LogP contribution is -2.11. The quantitative estimate of drug-likeness (QED) is 0.694. The first-order valence-corrected chi connectivity index (χ1v) is 8.38. The standard InChI is InChI=1S/C16H15FN4OS/c1-2-7-20-14-9-13(10(17)8-15(14)23-16(20)22)21-18-11-5-3-4-6-12(11)19-21/h2,8-9H,1,3-7H2. The molecule has 0 saturated carbocycles. The maximum absolute atomic E-state index is 14.5. The lowest BCUT2D eigenvalue weighted by atomic mass is 10.0. The maximum Gasteiger partial charge on any atom is 0.308 e. The van der Waals surface area contributed by atoms with Gasteiger partial charge in [-0.3, -0.25) is 9.36 Å². The minimum atomic E-state index is -0.420. The van der Waals surface area contributed by atoms with Crippen molar-refractivity contribution in [3.63, 3.8) is 0 Å². The van der Waals surface area contributed by atoms with Crippen LogP contribution in [-0.4, -0.2) is 19.6 Å². The van der Waals surface area contributed by atoms with E-state index in [0.29, 0.717) is 16.8 Å². The Bertz CT molecular complexity index is 945. The molecule has 0 atom stereocenters. The molecule has 0 aliphatic heterocycles. The van der Waals surface area contributed by atoms with Crippen LogP contribution in [0.4, 0.5) is 4.39 Å². The Balaban J connectivity index is 1.90. The molecule has 23 heavy (non-hydrogen) atoms. The van der Waals surface area contributed by atoms with Gasteiger partial charge in [0.15, 0.2) is 5.82 Å². The van der Waals surface area contributed by atoms with Gasteiger partial charge in [0.05, 0.1) is 21.6 Å². The molecule has 1 aliphatic rings. The molecule has 2 heterocycles. The Morgan fingerprint density at radius 1 is 1.26 bits per heavy atom. The van der Waals surface area contributed by atoms with Gasteiger partial charge in [-0.2, -0.15) is 10.2 Å². The topological polar surface area (TPSA) is 52.7 Å².